The lowest BCUT2D eigenvalue weighted by Gasteiger charge is -2.32. The molecule has 0 saturated carbocycles. The quantitative estimate of drug-likeness (QED) is 0.810. The number of aromatic nitrogens is 2. The van der Waals surface area contributed by atoms with Gasteiger partial charge < -0.3 is 9.64 Å². The first-order valence-electron chi connectivity index (χ1n) is 9.07. The van der Waals surface area contributed by atoms with Crippen molar-refractivity contribution in [2.75, 3.05) is 19.7 Å². The maximum Gasteiger partial charge on any atom is 0.260 e. The van der Waals surface area contributed by atoms with E-state index in [2.05, 4.69) is 18.1 Å². The molecule has 1 aromatic carbocycles. The number of nitrogens with zero attached hydrogens (tertiary/aromatic N) is 3. The third-order valence-corrected chi connectivity index (χ3v) is 5.20. The molecule has 0 unspecified atom stereocenters. The average molecular weight is 341 g/mol. The average Bonchev–Trinajstić information content (AvgIpc) is 3.15. The number of likely N-dealkylation sites (tertiary alicyclic amines) is 1. The number of hydrogen-bond donors (Lipinski definition) is 0. The minimum atomic E-state index is 0.0893. The number of piperidine rings is 1. The smallest absolute Gasteiger partial charge is 0.260 e. The van der Waals surface area contributed by atoms with E-state index in [9.17, 15) is 4.79 Å². The summed E-state index contributed by atoms with van der Waals surface area (Å²) in [6, 6.07) is 7.90. The Morgan fingerprint density at radius 3 is 2.76 bits per heavy atom. The van der Waals surface area contributed by atoms with Gasteiger partial charge in [0.25, 0.3) is 5.91 Å². The van der Waals surface area contributed by atoms with Gasteiger partial charge in [-0.05, 0) is 62.3 Å². The molecule has 0 aliphatic carbocycles. The van der Waals surface area contributed by atoms with E-state index in [1.165, 1.54) is 5.56 Å². The molecule has 5 heteroatoms. The molecule has 1 fully saturated rings. The van der Waals surface area contributed by atoms with Crippen LogP contribution in [0, 0.1) is 19.8 Å². The maximum atomic E-state index is 12.4. The highest BCUT2D eigenvalue weighted by Gasteiger charge is 2.23. The molecule has 1 aliphatic rings. The van der Waals surface area contributed by atoms with Gasteiger partial charge in [-0.2, -0.15) is 5.10 Å². The predicted octanol–water partition coefficient (Wildman–Crippen LogP) is 3.21. The number of carbonyl (C=O) groups is 1. The Morgan fingerprint density at radius 2 is 2.04 bits per heavy atom. The van der Waals surface area contributed by atoms with Crippen LogP contribution in [0.4, 0.5) is 0 Å². The third kappa shape index (κ3) is 4.62. The molecule has 25 heavy (non-hydrogen) atoms. The van der Waals surface area contributed by atoms with Gasteiger partial charge in [0.1, 0.15) is 5.75 Å². The minimum absolute atomic E-state index is 0.0893. The van der Waals surface area contributed by atoms with Crippen molar-refractivity contribution < 1.29 is 9.53 Å². The van der Waals surface area contributed by atoms with Gasteiger partial charge in [0, 0.05) is 32.0 Å². The normalized spacial score (nSPS) is 15.4. The van der Waals surface area contributed by atoms with Crippen molar-refractivity contribution in [3.8, 4) is 5.75 Å². The van der Waals surface area contributed by atoms with E-state index in [0.717, 1.165) is 50.2 Å². The summed E-state index contributed by atoms with van der Waals surface area (Å²) in [6.07, 6.45) is 7.08. The zero-order valence-electron chi connectivity index (χ0n) is 15.1. The zero-order chi connectivity index (χ0) is 17.6. The molecule has 1 aromatic heterocycles. The molecule has 1 saturated heterocycles. The van der Waals surface area contributed by atoms with Crippen LogP contribution in [-0.4, -0.2) is 40.3 Å². The Morgan fingerprint density at radius 1 is 1.24 bits per heavy atom. The Bertz CT molecular complexity index is 689. The lowest BCUT2D eigenvalue weighted by atomic mass is 9.93. The lowest BCUT2D eigenvalue weighted by Crippen LogP contribution is -2.41. The molecule has 2 heterocycles. The highest BCUT2D eigenvalue weighted by atomic mass is 16.5. The van der Waals surface area contributed by atoms with Gasteiger partial charge in [-0.15, -0.1) is 0 Å². The molecule has 0 bridgehead atoms. The fraction of sp³-hybridized carbons (Fsp3) is 0.500. The van der Waals surface area contributed by atoms with E-state index in [1.54, 1.807) is 0 Å². The fourth-order valence-electron chi connectivity index (χ4n) is 3.33. The summed E-state index contributed by atoms with van der Waals surface area (Å²) in [5, 5.41) is 4.25. The van der Waals surface area contributed by atoms with Gasteiger partial charge in [0.15, 0.2) is 6.61 Å². The van der Waals surface area contributed by atoms with E-state index in [-0.39, 0.29) is 12.5 Å². The van der Waals surface area contributed by atoms with Crippen LogP contribution >= 0.6 is 0 Å². The molecule has 0 radical (unpaired) electrons. The number of ether oxygens (including phenoxy) is 1. The lowest BCUT2D eigenvalue weighted by molar-refractivity contribution is -0.134. The van der Waals surface area contributed by atoms with Crippen molar-refractivity contribution in [2.24, 2.45) is 5.92 Å². The van der Waals surface area contributed by atoms with Crippen LogP contribution in [0.5, 0.6) is 5.75 Å². The summed E-state index contributed by atoms with van der Waals surface area (Å²) in [5.41, 5.74) is 2.29. The molecule has 0 atom stereocenters. The molecular formula is C20H27N3O2. The van der Waals surface area contributed by atoms with Crippen molar-refractivity contribution in [1.29, 1.82) is 0 Å². The van der Waals surface area contributed by atoms with Gasteiger partial charge in [0.05, 0.1) is 0 Å². The van der Waals surface area contributed by atoms with Crippen molar-refractivity contribution in [1.82, 2.24) is 14.7 Å². The zero-order valence-corrected chi connectivity index (χ0v) is 15.1. The number of benzene rings is 1. The topological polar surface area (TPSA) is 47.4 Å². The first-order valence-corrected chi connectivity index (χ1v) is 9.07. The second-order valence-corrected chi connectivity index (χ2v) is 6.87. The van der Waals surface area contributed by atoms with Crippen LogP contribution in [0.25, 0.3) is 0 Å². The van der Waals surface area contributed by atoms with Crippen LogP contribution in [0.15, 0.2) is 36.7 Å². The SMILES string of the molecule is Cc1cccc(OCC(=O)N2CCC(CCn3cccn3)CC2)c1C. The molecule has 0 spiro atoms. The number of amides is 1. The van der Waals surface area contributed by atoms with Crippen LogP contribution in [0.3, 0.4) is 0 Å². The maximum absolute atomic E-state index is 12.4. The Hall–Kier alpha value is -2.30. The van der Waals surface area contributed by atoms with Crippen molar-refractivity contribution in [3.05, 3.63) is 47.8 Å². The third-order valence-electron chi connectivity index (χ3n) is 5.20. The number of aryl methyl sites for hydroxylation is 2. The Balaban J connectivity index is 1.41. The molecule has 134 valence electrons. The molecule has 2 aromatic rings. The van der Waals surface area contributed by atoms with Crippen LogP contribution in [-0.2, 0) is 11.3 Å². The first-order chi connectivity index (χ1) is 12.1. The predicted molar refractivity (Wildman–Crippen MR) is 97.6 cm³/mol. The van der Waals surface area contributed by atoms with E-state index in [4.69, 9.17) is 4.74 Å². The summed E-state index contributed by atoms with van der Waals surface area (Å²) in [7, 11) is 0. The molecule has 1 aliphatic heterocycles. The summed E-state index contributed by atoms with van der Waals surface area (Å²) < 4.78 is 7.73. The standard InChI is InChI=1S/C20H27N3O2/c1-16-5-3-6-19(17(16)2)25-15-20(24)22-12-7-18(8-13-22)9-14-23-11-4-10-21-23/h3-6,10-11,18H,7-9,12-15H2,1-2H3. The fourth-order valence-corrected chi connectivity index (χ4v) is 3.33. The van der Waals surface area contributed by atoms with E-state index < -0.39 is 0 Å². The van der Waals surface area contributed by atoms with Crippen LogP contribution < -0.4 is 4.74 Å². The van der Waals surface area contributed by atoms with Gasteiger partial charge in [-0.3, -0.25) is 9.48 Å². The molecule has 1 amide bonds. The Kier molecular flexibility index (Phi) is 5.74. The second-order valence-electron chi connectivity index (χ2n) is 6.87. The van der Waals surface area contributed by atoms with Crippen molar-refractivity contribution in [3.63, 3.8) is 0 Å². The van der Waals surface area contributed by atoms with Gasteiger partial charge in [-0.1, -0.05) is 12.1 Å². The summed E-state index contributed by atoms with van der Waals surface area (Å²) >= 11 is 0. The summed E-state index contributed by atoms with van der Waals surface area (Å²) in [4.78, 5) is 14.3. The van der Waals surface area contributed by atoms with Gasteiger partial charge >= 0.3 is 0 Å². The van der Waals surface area contributed by atoms with Crippen molar-refractivity contribution in [2.45, 2.75) is 39.7 Å². The Labute approximate surface area is 149 Å². The largest absolute Gasteiger partial charge is 0.483 e. The number of carbonyl (C=O) groups excluding carboxylic acids is 1. The highest BCUT2D eigenvalue weighted by Crippen LogP contribution is 2.23. The molecular weight excluding hydrogens is 314 g/mol. The van der Waals surface area contributed by atoms with E-state index in [0.29, 0.717) is 5.92 Å². The molecule has 0 N–H and O–H groups in total. The highest BCUT2D eigenvalue weighted by molar-refractivity contribution is 5.77. The van der Waals surface area contributed by atoms with Gasteiger partial charge in [0.2, 0.25) is 0 Å². The monoisotopic (exact) mass is 341 g/mol. The molecule has 5 nitrogen and oxygen atoms in total. The van der Waals surface area contributed by atoms with Crippen LogP contribution in [0.1, 0.15) is 30.4 Å². The second kappa shape index (κ2) is 8.19. The van der Waals surface area contributed by atoms with Gasteiger partial charge in [-0.25, -0.2) is 0 Å². The first kappa shape index (κ1) is 17.5. The number of hydrogen-bond acceptors (Lipinski definition) is 3. The minimum Gasteiger partial charge on any atom is -0.483 e. The van der Waals surface area contributed by atoms with Crippen molar-refractivity contribution >= 4 is 5.91 Å². The summed E-state index contributed by atoms with van der Waals surface area (Å²) in [5.74, 6) is 1.57. The van der Waals surface area contributed by atoms with E-state index >= 15 is 0 Å². The number of rotatable bonds is 6. The van der Waals surface area contributed by atoms with E-state index in [1.807, 2.05) is 47.1 Å². The summed E-state index contributed by atoms with van der Waals surface area (Å²) in [6.45, 7) is 6.83. The van der Waals surface area contributed by atoms with Crippen LogP contribution in [0.2, 0.25) is 0 Å². The molecule has 3 rings (SSSR count).